The number of thioether (sulfide) groups is 1. The molecule has 0 fully saturated rings. The number of nitriles is 1. The molecule has 0 radical (unpaired) electrons. The van der Waals surface area contributed by atoms with Gasteiger partial charge < -0.3 is 5.32 Å². The number of rotatable bonds is 6. The molecule has 1 aromatic heterocycles. The van der Waals surface area contributed by atoms with Crippen molar-refractivity contribution in [2.75, 3.05) is 17.6 Å². The van der Waals surface area contributed by atoms with Crippen LogP contribution >= 0.6 is 35.0 Å². The van der Waals surface area contributed by atoms with Crippen molar-refractivity contribution in [2.45, 2.75) is 24.5 Å². The molecule has 0 unspecified atom stereocenters. The highest BCUT2D eigenvalue weighted by Crippen LogP contribution is 2.28. The Morgan fingerprint density at radius 2 is 1.97 bits per heavy atom. The molecule has 0 spiro atoms. The maximum absolute atomic E-state index is 12.4. The first-order valence-corrected chi connectivity index (χ1v) is 11.8. The smallest absolute Gasteiger partial charge is 0.234 e. The van der Waals surface area contributed by atoms with Gasteiger partial charge in [0.15, 0.2) is 0 Å². The second-order valence-corrected chi connectivity index (χ2v) is 9.25. The first kappa shape index (κ1) is 22.6. The molecule has 32 heavy (non-hydrogen) atoms. The van der Waals surface area contributed by atoms with Gasteiger partial charge in [-0.3, -0.25) is 9.69 Å². The van der Waals surface area contributed by atoms with E-state index in [1.165, 1.54) is 17.3 Å². The summed E-state index contributed by atoms with van der Waals surface area (Å²) in [6.07, 6.45) is 0.816. The van der Waals surface area contributed by atoms with E-state index in [-0.39, 0.29) is 11.7 Å². The predicted molar refractivity (Wildman–Crippen MR) is 129 cm³/mol. The number of amides is 1. The van der Waals surface area contributed by atoms with Crippen LogP contribution in [0.5, 0.6) is 0 Å². The molecule has 1 N–H and O–H groups in total. The quantitative estimate of drug-likeness (QED) is 0.466. The Hall–Kier alpha value is -2.56. The van der Waals surface area contributed by atoms with E-state index >= 15 is 0 Å². The fourth-order valence-corrected chi connectivity index (χ4v) is 4.66. The van der Waals surface area contributed by atoms with Gasteiger partial charge in [-0.2, -0.15) is 5.26 Å². The van der Waals surface area contributed by atoms with E-state index in [1.54, 1.807) is 18.2 Å². The van der Waals surface area contributed by atoms with E-state index in [9.17, 15) is 10.1 Å². The van der Waals surface area contributed by atoms with Crippen LogP contribution < -0.4 is 5.32 Å². The summed E-state index contributed by atoms with van der Waals surface area (Å²) in [7, 11) is 0. The third-order valence-electron chi connectivity index (χ3n) is 5.13. The molecule has 2 aromatic carbocycles. The zero-order valence-corrected chi connectivity index (χ0v) is 19.5. The molecule has 0 aliphatic carbocycles. The minimum atomic E-state index is -0.203. The van der Waals surface area contributed by atoms with Gasteiger partial charge in [-0.05, 0) is 35.4 Å². The van der Waals surface area contributed by atoms with Crippen molar-refractivity contribution in [3.8, 4) is 6.07 Å². The third kappa shape index (κ3) is 5.62. The summed E-state index contributed by atoms with van der Waals surface area (Å²) in [6.45, 7) is 2.53. The summed E-state index contributed by atoms with van der Waals surface area (Å²) in [5.41, 5.74) is 4.42. The molecular weight excluding hydrogens is 463 g/mol. The number of carbonyl (C=O) groups is 1. The Kier molecular flexibility index (Phi) is 7.33. The third-order valence-corrected chi connectivity index (χ3v) is 6.86. The first-order valence-electron chi connectivity index (χ1n) is 10.1. The highest BCUT2D eigenvalue weighted by Gasteiger charge is 2.21. The SMILES string of the molecule is N#Cc1cc2c(nc1SCC(=O)Nc1ccc(Cl)c(Cl)c1)CCN(Cc1ccccc1)C2. The van der Waals surface area contributed by atoms with Gasteiger partial charge in [-0.15, -0.1) is 0 Å². The Morgan fingerprint density at radius 3 is 2.72 bits per heavy atom. The molecule has 4 rings (SSSR count). The number of aromatic nitrogens is 1. The fourth-order valence-electron chi connectivity index (χ4n) is 3.58. The van der Waals surface area contributed by atoms with Crippen LogP contribution in [-0.2, 0) is 24.3 Å². The van der Waals surface area contributed by atoms with Crippen molar-refractivity contribution in [3.05, 3.63) is 87.0 Å². The van der Waals surface area contributed by atoms with Gasteiger partial charge in [0.1, 0.15) is 11.1 Å². The second kappa shape index (κ2) is 10.4. The van der Waals surface area contributed by atoms with Gasteiger partial charge in [-0.25, -0.2) is 4.98 Å². The standard InChI is InChI=1S/C24H20Cl2N4OS/c25-20-7-6-19(11-21(20)26)28-23(31)15-32-24-17(12-27)10-18-14-30(9-8-22(18)29-24)13-16-4-2-1-3-5-16/h1-7,10-11H,8-9,13-15H2,(H,28,31). The monoisotopic (exact) mass is 482 g/mol. The predicted octanol–water partition coefficient (Wildman–Crippen LogP) is 5.55. The summed E-state index contributed by atoms with van der Waals surface area (Å²) >= 11 is 13.2. The topological polar surface area (TPSA) is 69.0 Å². The van der Waals surface area contributed by atoms with E-state index in [0.29, 0.717) is 26.3 Å². The lowest BCUT2D eigenvalue weighted by atomic mass is 10.0. The summed E-state index contributed by atoms with van der Waals surface area (Å²) in [5.74, 6) is -0.0632. The maximum Gasteiger partial charge on any atom is 0.234 e. The van der Waals surface area contributed by atoms with E-state index in [4.69, 9.17) is 28.2 Å². The minimum Gasteiger partial charge on any atom is -0.325 e. The van der Waals surface area contributed by atoms with Crippen molar-refractivity contribution in [1.82, 2.24) is 9.88 Å². The molecule has 8 heteroatoms. The van der Waals surface area contributed by atoms with E-state index in [0.717, 1.165) is 37.3 Å². The number of fused-ring (bicyclic) bond motifs is 1. The van der Waals surface area contributed by atoms with E-state index in [1.807, 2.05) is 24.3 Å². The highest BCUT2D eigenvalue weighted by molar-refractivity contribution is 8.00. The van der Waals surface area contributed by atoms with Crippen LogP contribution in [0.15, 0.2) is 59.6 Å². The molecule has 3 aromatic rings. The molecular formula is C24H20Cl2N4OS. The molecule has 5 nitrogen and oxygen atoms in total. The zero-order valence-electron chi connectivity index (χ0n) is 17.1. The lowest BCUT2D eigenvalue weighted by Gasteiger charge is -2.28. The molecule has 2 heterocycles. The van der Waals surface area contributed by atoms with Crippen LogP contribution in [0, 0.1) is 11.3 Å². The van der Waals surface area contributed by atoms with E-state index in [2.05, 4.69) is 28.4 Å². The highest BCUT2D eigenvalue weighted by atomic mass is 35.5. The Bertz CT molecular complexity index is 1180. The average molecular weight is 483 g/mol. The van der Waals surface area contributed by atoms with Gasteiger partial charge in [0.2, 0.25) is 5.91 Å². The number of pyridine rings is 1. The number of nitrogens with zero attached hydrogens (tertiary/aromatic N) is 3. The largest absolute Gasteiger partial charge is 0.325 e. The van der Waals surface area contributed by atoms with Gasteiger partial charge in [0.25, 0.3) is 0 Å². The van der Waals surface area contributed by atoms with Crippen molar-refractivity contribution in [2.24, 2.45) is 0 Å². The average Bonchev–Trinajstić information content (AvgIpc) is 2.80. The number of carbonyl (C=O) groups excluding carboxylic acids is 1. The number of hydrogen-bond acceptors (Lipinski definition) is 5. The zero-order chi connectivity index (χ0) is 22.5. The van der Waals surface area contributed by atoms with Crippen molar-refractivity contribution >= 4 is 46.6 Å². The maximum atomic E-state index is 12.4. The van der Waals surface area contributed by atoms with Gasteiger partial charge >= 0.3 is 0 Å². The molecule has 0 saturated carbocycles. The molecule has 0 saturated heterocycles. The van der Waals surface area contributed by atoms with Crippen LogP contribution in [0.2, 0.25) is 10.0 Å². The molecule has 162 valence electrons. The number of halogens is 2. The lowest BCUT2D eigenvalue weighted by Crippen LogP contribution is -2.31. The van der Waals surface area contributed by atoms with Gasteiger partial charge in [-0.1, -0.05) is 65.3 Å². The van der Waals surface area contributed by atoms with Crippen LogP contribution in [0.1, 0.15) is 22.4 Å². The Balaban J connectivity index is 1.40. The van der Waals surface area contributed by atoms with Gasteiger partial charge in [0.05, 0.1) is 21.4 Å². The van der Waals surface area contributed by atoms with Crippen LogP contribution in [-0.4, -0.2) is 28.1 Å². The number of benzene rings is 2. The lowest BCUT2D eigenvalue weighted by molar-refractivity contribution is -0.113. The molecule has 1 amide bonds. The molecule has 0 atom stereocenters. The number of nitrogens with one attached hydrogen (secondary N) is 1. The van der Waals surface area contributed by atoms with Crippen LogP contribution in [0.4, 0.5) is 5.69 Å². The summed E-state index contributed by atoms with van der Waals surface area (Å²) < 4.78 is 0. The number of hydrogen-bond donors (Lipinski definition) is 1. The van der Waals surface area contributed by atoms with Crippen molar-refractivity contribution in [3.63, 3.8) is 0 Å². The van der Waals surface area contributed by atoms with E-state index < -0.39 is 0 Å². The number of anilines is 1. The summed E-state index contributed by atoms with van der Waals surface area (Å²) in [6, 6.07) is 19.4. The van der Waals surface area contributed by atoms with Crippen molar-refractivity contribution < 1.29 is 4.79 Å². The minimum absolute atomic E-state index is 0.140. The molecule has 1 aliphatic heterocycles. The van der Waals surface area contributed by atoms with Crippen molar-refractivity contribution in [1.29, 1.82) is 5.26 Å². The van der Waals surface area contributed by atoms with Crippen LogP contribution in [0.3, 0.4) is 0 Å². The fraction of sp³-hybridized carbons (Fsp3) is 0.208. The normalized spacial score (nSPS) is 13.3. The van der Waals surface area contributed by atoms with Crippen LogP contribution in [0.25, 0.3) is 0 Å². The Morgan fingerprint density at radius 1 is 1.16 bits per heavy atom. The molecule has 0 bridgehead atoms. The summed E-state index contributed by atoms with van der Waals surface area (Å²) in [5, 5.41) is 13.8. The first-order chi connectivity index (χ1) is 15.5. The Labute approximate surface area is 201 Å². The van der Waals surface area contributed by atoms with Gasteiger partial charge in [0, 0.05) is 37.4 Å². The summed E-state index contributed by atoms with van der Waals surface area (Å²) in [4.78, 5) is 19.4. The second-order valence-electron chi connectivity index (χ2n) is 7.47. The molecule has 1 aliphatic rings.